The van der Waals surface area contributed by atoms with Crippen molar-refractivity contribution < 1.29 is 4.79 Å². The highest BCUT2D eigenvalue weighted by Crippen LogP contribution is 2.34. The maximum absolute atomic E-state index is 13.1. The molecule has 1 saturated carbocycles. The molecule has 2 aliphatic carbocycles. The second-order valence-corrected chi connectivity index (χ2v) is 8.12. The third-order valence-corrected chi connectivity index (χ3v) is 6.33. The molecule has 5 rings (SSSR count). The van der Waals surface area contributed by atoms with Crippen LogP contribution in [0, 0.1) is 5.92 Å². The smallest absolute Gasteiger partial charge is 0.230 e. The van der Waals surface area contributed by atoms with Crippen LogP contribution in [-0.2, 0) is 24.7 Å². The summed E-state index contributed by atoms with van der Waals surface area (Å²) in [5, 5.41) is 11.5. The molecule has 7 heteroatoms. The normalized spacial score (nSPS) is 20.2. The number of fused-ring (bicyclic) bond motifs is 2. The molecule has 28 heavy (non-hydrogen) atoms. The molecule has 146 valence electrons. The molecule has 0 saturated heterocycles. The summed E-state index contributed by atoms with van der Waals surface area (Å²) in [4.78, 5) is 17.9. The van der Waals surface area contributed by atoms with Crippen molar-refractivity contribution in [2.24, 2.45) is 13.0 Å². The van der Waals surface area contributed by atoms with Gasteiger partial charge in [0, 0.05) is 25.4 Å². The van der Waals surface area contributed by atoms with Gasteiger partial charge >= 0.3 is 0 Å². The van der Waals surface area contributed by atoms with Crippen LogP contribution in [0.2, 0.25) is 0 Å². The van der Waals surface area contributed by atoms with E-state index in [-0.39, 0.29) is 11.8 Å². The number of amides is 1. The van der Waals surface area contributed by atoms with Gasteiger partial charge in [0.05, 0.1) is 22.4 Å². The third kappa shape index (κ3) is 2.99. The molecule has 3 aromatic rings. The Labute approximate surface area is 164 Å². The van der Waals surface area contributed by atoms with E-state index in [2.05, 4.69) is 26.3 Å². The van der Waals surface area contributed by atoms with Crippen LogP contribution in [-0.4, -0.2) is 30.5 Å². The van der Waals surface area contributed by atoms with E-state index in [0.29, 0.717) is 18.4 Å². The number of carbonyl (C=O) groups excluding carboxylic acids is 1. The topological polar surface area (TPSA) is 77.6 Å². The van der Waals surface area contributed by atoms with Crippen molar-refractivity contribution in [3.63, 3.8) is 0 Å². The van der Waals surface area contributed by atoms with E-state index in [1.54, 1.807) is 4.68 Å². The minimum atomic E-state index is -0.0654. The van der Waals surface area contributed by atoms with Crippen molar-refractivity contribution in [3.05, 3.63) is 35.7 Å². The molecule has 1 fully saturated rings. The number of imidazole rings is 1. The first-order valence-corrected chi connectivity index (χ1v) is 10.4. The van der Waals surface area contributed by atoms with Gasteiger partial charge in [0.1, 0.15) is 0 Å². The van der Waals surface area contributed by atoms with Crippen molar-refractivity contribution in [2.45, 2.75) is 57.4 Å². The van der Waals surface area contributed by atoms with E-state index < -0.39 is 0 Å². The van der Waals surface area contributed by atoms with Gasteiger partial charge < -0.3 is 4.57 Å². The Kier molecular flexibility index (Phi) is 4.37. The van der Waals surface area contributed by atoms with Crippen LogP contribution in [0.4, 0.5) is 5.95 Å². The van der Waals surface area contributed by atoms with Crippen LogP contribution in [0.3, 0.4) is 0 Å². The first kappa shape index (κ1) is 17.4. The SMILES string of the molecule is Cn1nnc2c1C[C@H](C(=O)Nc1nc3ccccc3n1C1CCCCC1)CC2. The fraction of sp³-hybridized carbons (Fsp3) is 0.524. The molecule has 1 N–H and O–H groups in total. The van der Waals surface area contributed by atoms with Crippen molar-refractivity contribution in [1.82, 2.24) is 24.5 Å². The number of hydrogen-bond acceptors (Lipinski definition) is 4. The van der Waals surface area contributed by atoms with Crippen LogP contribution >= 0.6 is 0 Å². The van der Waals surface area contributed by atoms with Crippen LogP contribution in [0.15, 0.2) is 24.3 Å². The Bertz CT molecular complexity index is 1010. The molecule has 0 bridgehead atoms. The molecular formula is C21H26N6O. The van der Waals surface area contributed by atoms with Gasteiger partial charge in [0.25, 0.3) is 0 Å². The van der Waals surface area contributed by atoms with Crippen LogP contribution in [0.1, 0.15) is 56.0 Å². The zero-order valence-corrected chi connectivity index (χ0v) is 16.3. The lowest BCUT2D eigenvalue weighted by atomic mass is 9.89. The van der Waals surface area contributed by atoms with Gasteiger partial charge in [-0.25, -0.2) is 4.98 Å². The number of carbonyl (C=O) groups is 1. The minimum absolute atomic E-state index is 0.0548. The average molecular weight is 378 g/mol. The monoisotopic (exact) mass is 378 g/mol. The number of hydrogen-bond donors (Lipinski definition) is 1. The number of benzene rings is 1. The highest BCUT2D eigenvalue weighted by Gasteiger charge is 2.30. The largest absolute Gasteiger partial charge is 0.307 e. The van der Waals surface area contributed by atoms with E-state index >= 15 is 0 Å². The molecule has 0 radical (unpaired) electrons. The number of nitrogens with zero attached hydrogens (tertiary/aromatic N) is 5. The molecule has 0 unspecified atom stereocenters. The Morgan fingerprint density at radius 1 is 1.14 bits per heavy atom. The molecule has 2 heterocycles. The van der Waals surface area contributed by atoms with E-state index in [4.69, 9.17) is 4.98 Å². The zero-order valence-electron chi connectivity index (χ0n) is 16.3. The average Bonchev–Trinajstić information content (AvgIpc) is 3.28. The van der Waals surface area contributed by atoms with Crippen molar-refractivity contribution in [1.29, 1.82) is 0 Å². The van der Waals surface area contributed by atoms with Crippen LogP contribution in [0.25, 0.3) is 11.0 Å². The third-order valence-electron chi connectivity index (χ3n) is 6.33. The summed E-state index contributed by atoms with van der Waals surface area (Å²) in [5.41, 5.74) is 4.17. The van der Waals surface area contributed by atoms with Crippen molar-refractivity contribution >= 4 is 22.9 Å². The van der Waals surface area contributed by atoms with Gasteiger partial charge in [-0.05, 0) is 37.8 Å². The number of nitrogens with one attached hydrogen (secondary N) is 1. The van der Waals surface area contributed by atoms with Gasteiger partial charge in [0.2, 0.25) is 11.9 Å². The molecular weight excluding hydrogens is 352 g/mol. The predicted molar refractivity (Wildman–Crippen MR) is 107 cm³/mol. The Morgan fingerprint density at radius 2 is 1.96 bits per heavy atom. The van der Waals surface area contributed by atoms with Crippen molar-refractivity contribution in [3.8, 4) is 0 Å². The van der Waals surface area contributed by atoms with E-state index in [1.165, 1.54) is 19.3 Å². The fourth-order valence-electron chi connectivity index (χ4n) is 4.79. The van der Waals surface area contributed by atoms with Crippen molar-refractivity contribution in [2.75, 3.05) is 5.32 Å². The molecule has 1 amide bonds. The fourth-order valence-corrected chi connectivity index (χ4v) is 4.79. The van der Waals surface area contributed by atoms with E-state index in [9.17, 15) is 4.79 Å². The lowest BCUT2D eigenvalue weighted by molar-refractivity contribution is -0.120. The predicted octanol–water partition coefficient (Wildman–Crippen LogP) is 3.41. The molecule has 1 aromatic carbocycles. The van der Waals surface area contributed by atoms with Gasteiger partial charge in [0.15, 0.2) is 0 Å². The van der Waals surface area contributed by atoms with Gasteiger partial charge in [-0.3, -0.25) is 14.8 Å². The second kappa shape index (κ2) is 7.04. The van der Waals surface area contributed by atoms with Crippen LogP contribution < -0.4 is 5.32 Å². The van der Waals surface area contributed by atoms with Gasteiger partial charge in [-0.2, -0.15) is 0 Å². The highest BCUT2D eigenvalue weighted by molar-refractivity contribution is 5.93. The maximum atomic E-state index is 13.1. The summed E-state index contributed by atoms with van der Waals surface area (Å²) in [6, 6.07) is 8.60. The summed E-state index contributed by atoms with van der Waals surface area (Å²) in [7, 11) is 1.90. The number of anilines is 1. The lowest BCUT2D eigenvalue weighted by Crippen LogP contribution is -2.30. The molecule has 2 aromatic heterocycles. The van der Waals surface area contributed by atoms with Crippen LogP contribution in [0.5, 0.6) is 0 Å². The summed E-state index contributed by atoms with van der Waals surface area (Å²) in [6.45, 7) is 0. The quantitative estimate of drug-likeness (QED) is 0.758. The first-order chi connectivity index (χ1) is 13.7. The maximum Gasteiger partial charge on any atom is 0.230 e. The van der Waals surface area contributed by atoms with Gasteiger partial charge in [-0.15, -0.1) is 5.10 Å². The first-order valence-electron chi connectivity index (χ1n) is 10.4. The van der Waals surface area contributed by atoms with Gasteiger partial charge in [-0.1, -0.05) is 36.6 Å². The summed E-state index contributed by atoms with van der Waals surface area (Å²) >= 11 is 0. The molecule has 0 spiro atoms. The molecule has 0 aliphatic heterocycles. The second-order valence-electron chi connectivity index (χ2n) is 8.12. The molecule has 7 nitrogen and oxygen atoms in total. The number of para-hydroxylation sites is 2. The van der Waals surface area contributed by atoms with E-state index in [1.807, 2.05) is 25.2 Å². The summed E-state index contributed by atoms with van der Waals surface area (Å²) in [6.07, 6.45) is 8.38. The standard InChI is InChI=1S/C21H26N6O/c1-26-19-13-14(11-12-17(19)24-25-26)20(28)23-21-22-16-9-5-6-10-18(16)27(21)15-7-3-2-4-8-15/h5-6,9-10,14-15H,2-4,7-8,11-13H2,1H3,(H,22,23,28)/t14-/m1/s1. The molecule has 1 atom stereocenters. The highest BCUT2D eigenvalue weighted by atomic mass is 16.2. The zero-order chi connectivity index (χ0) is 19.1. The molecule has 2 aliphatic rings. The Balaban J connectivity index is 1.43. The summed E-state index contributed by atoms with van der Waals surface area (Å²) in [5.74, 6) is 0.690. The Hall–Kier alpha value is -2.70. The summed E-state index contributed by atoms with van der Waals surface area (Å²) < 4.78 is 4.07. The lowest BCUT2D eigenvalue weighted by Gasteiger charge is -2.26. The number of rotatable bonds is 3. The number of aryl methyl sites for hydroxylation is 2. The number of aromatic nitrogens is 5. The van der Waals surface area contributed by atoms with E-state index in [0.717, 1.165) is 48.1 Å². The minimum Gasteiger partial charge on any atom is -0.307 e. The Morgan fingerprint density at radius 3 is 2.82 bits per heavy atom.